The van der Waals surface area contributed by atoms with Gasteiger partial charge in [-0.3, -0.25) is 9.48 Å². The minimum absolute atomic E-state index is 0. The molecule has 7 heteroatoms. The lowest BCUT2D eigenvalue weighted by Crippen LogP contribution is -2.34. The summed E-state index contributed by atoms with van der Waals surface area (Å²) in [5.74, 6) is -0.0358. The Hall–Kier alpha value is -1.63. The first-order valence-electron chi connectivity index (χ1n) is 6.68. The molecule has 0 saturated heterocycles. The van der Waals surface area contributed by atoms with E-state index in [2.05, 4.69) is 15.7 Å². The van der Waals surface area contributed by atoms with E-state index in [-0.39, 0.29) is 24.9 Å². The number of fused-ring (bicyclic) bond motifs is 1. The van der Waals surface area contributed by atoms with Crippen LogP contribution in [-0.4, -0.2) is 49.0 Å². The highest BCUT2D eigenvalue weighted by Gasteiger charge is 2.04. The van der Waals surface area contributed by atoms with Crippen molar-refractivity contribution in [1.29, 1.82) is 0 Å². The zero-order valence-electron chi connectivity index (χ0n) is 12.0. The van der Waals surface area contributed by atoms with Crippen LogP contribution in [0.1, 0.15) is 0 Å². The number of hydrogen-bond acceptors (Lipinski definition) is 4. The monoisotopic (exact) mass is 312 g/mol. The number of aromatic nitrogens is 2. The molecule has 0 fully saturated rings. The van der Waals surface area contributed by atoms with Crippen LogP contribution in [0.4, 0.5) is 0 Å². The molecular weight excluding hydrogens is 292 g/mol. The number of carbonyl (C=O) groups excluding carboxylic acids is 1. The van der Waals surface area contributed by atoms with Crippen molar-refractivity contribution >= 4 is 29.2 Å². The number of rotatable bonds is 8. The Balaban J connectivity index is 0.00000220. The number of nitrogens with one attached hydrogen (secondary N) is 2. The first-order chi connectivity index (χ1) is 9.79. The normalized spacial score (nSPS) is 10.3. The maximum absolute atomic E-state index is 11.8. The van der Waals surface area contributed by atoms with Crippen LogP contribution >= 0.6 is 12.4 Å². The van der Waals surface area contributed by atoms with Gasteiger partial charge in [0.25, 0.3) is 0 Å². The third-order valence-electron chi connectivity index (χ3n) is 2.87. The van der Waals surface area contributed by atoms with Gasteiger partial charge in [0.2, 0.25) is 5.91 Å². The Bertz CT molecular complexity index is 526. The Morgan fingerprint density at radius 2 is 2.10 bits per heavy atom. The number of benzene rings is 1. The van der Waals surface area contributed by atoms with E-state index in [0.29, 0.717) is 13.2 Å². The lowest BCUT2D eigenvalue weighted by Gasteiger charge is -2.06. The number of ether oxygens (including phenoxy) is 1. The summed E-state index contributed by atoms with van der Waals surface area (Å²) in [6.45, 7) is 3.04. The Morgan fingerprint density at radius 3 is 2.86 bits per heavy atom. The van der Waals surface area contributed by atoms with Crippen LogP contribution in [0.15, 0.2) is 30.5 Å². The van der Waals surface area contributed by atoms with Crippen LogP contribution in [0, 0.1) is 0 Å². The van der Waals surface area contributed by atoms with Gasteiger partial charge in [-0.25, -0.2) is 0 Å². The summed E-state index contributed by atoms with van der Waals surface area (Å²) < 4.78 is 6.58. The second-order valence-corrected chi connectivity index (χ2v) is 4.48. The molecule has 0 aliphatic heterocycles. The van der Waals surface area contributed by atoms with Gasteiger partial charge in [-0.05, 0) is 6.07 Å². The molecule has 0 aliphatic carbocycles. The molecule has 1 aromatic heterocycles. The van der Waals surface area contributed by atoms with Gasteiger partial charge in [-0.15, -0.1) is 12.4 Å². The predicted octanol–water partition coefficient (Wildman–Crippen LogP) is 0.810. The Morgan fingerprint density at radius 1 is 1.29 bits per heavy atom. The van der Waals surface area contributed by atoms with Crippen molar-refractivity contribution in [3.05, 3.63) is 30.5 Å². The van der Waals surface area contributed by atoms with E-state index in [1.165, 1.54) is 0 Å². The second-order valence-electron chi connectivity index (χ2n) is 4.48. The van der Waals surface area contributed by atoms with Gasteiger partial charge in [0.05, 0.1) is 12.1 Å². The highest BCUT2D eigenvalue weighted by molar-refractivity contribution is 5.85. The van der Waals surface area contributed by atoms with Crippen LogP contribution in [0.25, 0.3) is 10.9 Å². The van der Waals surface area contributed by atoms with Gasteiger partial charge in [0, 0.05) is 38.3 Å². The summed E-state index contributed by atoms with van der Waals surface area (Å²) in [4.78, 5) is 11.8. The van der Waals surface area contributed by atoms with Gasteiger partial charge in [0.1, 0.15) is 6.54 Å². The van der Waals surface area contributed by atoms with Gasteiger partial charge >= 0.3 is 0 Å². The molecule has 116 valence electrons. The van der Waals surface area contributed by atoms with Crippen molar-refractivity contribution in [3.8, 4) is 0 Å². The molecule has 1 heterocycles. The number of hydrogen-bond donors (Lipinski definition) is 2. The molecule has 1 aromatic carbocycles. The summed E-state index contributed by atoms with van der Waals surface area (Å²) >= 11 is 0. The highest BCUT2D eigenvalue weighted by atomic mass is 35.5. The molecule has 21 heavy (non-hydrogen) atoms. The number of methoxy groups -OCH3 is 1. The predicted molar refractivity (Wildman–Crippen MR) is 84.7 cm³/mol. The fourth-order valence-corrected chi connectivity index (χ4v) is 1.89. The van der Waals surface area contributed by atoms with E-state index >= 15 is 0 Å². The molecule has 1 amide bonds. The minimum Gasteiger partial charge on any atom is -0.383 e. The molecule has 2 aromatic rings. The first-order valence-corrected chi connectivity index (χ1v) is 6.68. The Labute approximate surface area is 130 Å². The number of nitrogens with zero attached hydrogens (tertiary/aromatic N) is 2. The maximum Gasteiger partial charge on any atom is 0.241 e. The van der Waals surface area contributed by atoms with Crippen molar-refractivity contribution in [2.45, 2.75) is 6.54 Å². The number of halogens is 1. The molecule has 0 spiro atoms. The van der Waals surface area contributed by atoms with Crippen molar-refractivity contribution in [2.24, 2.45) is 0 Å². The van der Waals surface area contributed by atoms with E-state index < -0.39 is 0 Å². The molecule has 0 unspecified atom stereocenters. The van der Waals surface area contributed by atoms with Crippen molar-refractivity contribution < 1.29 is 9.53 Å². The molecule has 0 radical (unpaired) electrons. The summed E-state index contributed by atoms with van der Waals surface area (Å²) in [5.41, 5.74) is 0.904. The van der Waals surface area contributed by atoms with Crippen LogP contribution in [0.2, 0.25) is 0 Å². The summed E-state index contributed by atoms with van der Waals surface area (Å²) in [6, 6.07) is 7.81. The molecule has 0 atom stereocenters. The third kappa shape index (κ3) is 5.71. The molecule has 2 N–H and O–H groups in total. The molecule has 0 saturated carbocycles. The van der Waals surface area contributed by atoms with Crippen LogP contribution in [0.3, 0.4) is 0 Å². The van der Waals surface area contributed by atoms with Crippen molar-refractivity contribution in [2.75, 3.05) is 33.4 Å². The molecule has 2 rings (SSSR count). The average molecular weight is 313 g/mol. The minimum atomic E-state index is -0.0358. The highest BCUT2D eigenvalue weighted by Crippen LogP contribution is 2.10. The fraction of sp³-hybridized carbons (Fsp3) is 0.429. The van der Waals surface area contributed by atoms with Gasteiger partial charge < -0.3 is 15.4 Å². The van der Waals surface area contributed by atoms with Crippen molar-refractivity contribution in [3.63, 3.8) is 0 Å². The molecular formula is C14H21ClN4O2. The number of amides is 1. The maximum atomic E-state index is 11.8. The zero-order valence-corrected chi connectivity index (χ0v) is 12.9. The zero-order chi connectivity index (χ0) is 14.2. The summed E-state index contributed by atoms with van der Waals surface area (Å²) in [5, 5.41) is 11.4. The first kappa shape index (κ1) is 17.4. The number of carbonyl (C=O) groups is 1. The SMILES string of the molecule is COCCNCCNC(=O)Cn1cc2ccccc2n1.Cl. The van der Waals surface area contributed by atoms with Crippen LogP contribution in [0.5, 0.6) is 0 Å². The molecule has 0 bridgehead atoms. The van der Waals surface area contributed by atoms with Crippen LogP contribution < -0.4 is 10.6 Å². The Kier molecular flexibility index (Phi) is 7.74. The molecule has 0 aliphatic rings. The molecule has 6 nitrogen and oxygen atoms in total. The standard InChI is InChI=1S/C14H20N4O2.ClH/c1-20-9-8-15-6-7-16-14(19)11-18-10-12-4-2-3-5-13(12)17-18;/h2-5,10,15H,6-9,11H2,1H3,(H,16,19);1H. The lowest BCUT2D eigenvalue weighted by atomic mass is 10.3. The van der Waals surface area contributed by atoms with Gasteiger partial charge in [-0.2, -0.15) is 5.10 Å². The second kappa shape index (κ2) is 9.33. The van der Waals surface area contributed by atoms with E-state index in [1.54, 1.807) is 11.8 Å². The summed E-state index contributed by atoms with van der Waals surface area (Å²) in [7, 11) is 1.66. The van der Waals surface area contributed by atoms with Crippen LogP contribution in [-0.2, 0) is 16.1 Å². The van der Waals surface area contributed by atoms with E-state index in [0.717, 1.165) is 24.0 Å². The van der Waals surface area contributed by atoms with Gasteiger partial charge in [-0.1, -0.05) is 18.2 Å². The average Bonchev–Trinajstić information content (AvgIpc) is 2.84. The van der Waals surface area contributed by atoms with E-state index in [4.69, 9.17) is 4.74 Å². The van der Waals surface area contributed by atoms with Crippen molar-refractivity contribution in [1.82, 2.24) is 20.4 Å². The summed E-state index contributed by atoms with van der Waals surface area (Å²) in [6.07, 6.45) is 1.88. The lowest BCUT2D eigenvalue weighted by molar-refractivity contribution is -0.121. The van der Waals surface area contributed by atoms with E-state index in [1.807, 2.05) is 30.5 Å². The van der Waals surface area contributed by atoms with E-state index in [9.17, 15) is 4.79 Å². The van der Waals surface area contributed by atoms with Gasteiger partial charge in [0.15, 0.2) is 0 Å². The fourth-order valence-electron chi connectivity index (χ4n) is 1.89. The smallest absolute Gasteiger partial charge is 0.241 e. The largest absolute Gasteiger partial charge is 0.383 e. The topological polar surface area (TPSA) is 68.2 Å². The quantitative estimate of drug-likeness (QED) is 0.708. The third-order valence-corrected chi connectivity index (χ3v) is 2.87.